The Labute approximate surface area is 165 Å². The van der Waals surface area contributed by atoms with Gasteiger partial charge < -0.3 is 14.8 Å². The molecular formula is C20H21N3O4S. The van der Waals surface area contributed by atoms with Crippen LogP contribution in [0.4, 0.5) is 0 Å². The normalized spacial score (nSPS) is 15.3. The third-order valence-corrected chi connectivity index (χ3v) is 5.50. The molecule has 0 fully saturated rings. The number of aromatic nitrogens is 2. The molecule has 3 heterocycles. The van der Waals surface area contributed by atoms with E-state index in [-0.39, 0.29) is 24.1 Å². The van der Waals surface area contributed by atoms with E-state index < -0.39 is 0 Å². The Bertz CT molecular complexity index is 1090. The zero-order valence-corrected chi connectivity index (χ0v) is 16.5. The highest BCUT2D eigenvalue weighted by Gasteiger charge is 2.22. The number of carbonyl (C=O) groups excluding carboxylic acids is 1. The van der Waals surface area contributed by atoms with Gasteiger partial charge in [-0.05, 0) is 37.4 Å². The van der Waals surface area contributed by atoms with Gasteiger partial charge in [-0.25, -0.2) is 4.98 Å². The van der Waals surface area contributed by atoms with Crippen molar-refractivity contribution in [1.29, 1.82) is 0 Å². The number of rotatable bonds is 6. The fourth-order valence-corrected chi connectivity index (χ4v) is 4.10. The molecular weight excluding hydrogens is 378 g/mol. The fraction of sp³-hybridized carbons (Fsp3) is 0.350. The van der Waals surface area contributed by atoms with Crippen LogP contribution in [0.15, 0.2) is 34.7 Å². The molecule has 4 rings (SSSR count). The van der Waals surface area contributed by atoms with Gasteiger partial charge in [0.1, 0.15) is 28.8 Å². The van der Waals surface area contributed by atoms with Gasteiger partial charge in [-0.2, -0.15) is 0 Å². The Morgan fingerprint density at radius 1 is 1.46 bits per heavy atom. The summed E-state index contributed by atoms with van der Waals surface area (Å²) in [5, 5.41) is 4.67. The second-order valence-corrected chi connectivity index (χ2v) is 7.64. The van der Waals surface area contributed by atoms with Gasteiger partial charge in [0, 0.05) is 24.1 Å². The molecule has 1 amide bonds. The Morgan fingerprint density at radius 2 is 2.32 bits per heavy atom. The van der Waals surface area contributed by atoms with E-state index in [0.717, 1.165) is 29.0 Å². The summed E-state index contributed by atoms with van der Waals surface area (Å²) in [4.78, 5) is 29.0. The third kappa shape index (κ3) is 3.60. The molecule has 7 nitrogen and oxygen atoms in total. The maximum absolute atomic E-state index is 12.4. The van der Waals surface area contributed by atoms with Crippen LogP contribution in [0.2, 0.25) is 0 Å². The molecule has 0 aliphatic carbocycles. The van der Waals surface area contributed by atoms with Crippen molar-refractivity contribution < 1.29 is 14.3 Å². The number of ether oxygens (including phenoxy) is 2. The van der Waals surface area contributed by atoms with Gasteiger partial charge in [0.2, 0.25) is 5.91 Å². The average molecular weight is 399 g/mol. The first kappa shape index (κ1) is 18.5. The maximum Gasteiger partial charge on any atom is 0.271 e. The summed E-state index contributed by atoms with van der Waals surface area (Å²) < 4.78 is 13.4. The van der Waals surface area contributed by atoms with Crippen molar-refractivity contribution in [3.05, 3.63) is 51.4 Å². The van der Waals surface area contributed by atoms with E-state index in [1.807, 2.05) is 31.4 Å². The fourth-order valence-electron chi connectivity index (χ4n) is 3.31. The van der Waals surface area contributed by atoms with Crippen LogP contribution in [0.3, 0.4) is 0 Å². The minimum Gasteiger partial charge on any atom is -0.494 e. The molecule has 146 valence electrons. The molecule has 0 spiro atoms. The molecule has 1 aliphatic rings. The predicted molar refractivity (Wildman–Crippen MR) is 107 cm³/mol. The van der Waals surface area contributed by atoms with Gasteiger partial charge in [-0.1, -0.05) is 0 Å². The zero-order valence-electron chi connectivity index (χ0n) is 15.7. The topological polar surface area (TPSA) is 82.5 Å². The second-order valence-electron chi connectivity index (χ2n) is 6.72. The van der Waals surface area contributed by atoms with Crippen LogP contribution in [0.25, 0.3) is 10.2 Å². The van der Waals surface area contributed by atoms with Crippen molar-refractivity contribution in [2.45, 2.75) is 39.5 Å². The largest absolute Gasteiger partial charge is 0.494 e. The molecule has 1 unspecified atom stereocenters. The number of benzene rings is 1. The summed E-state index contributed by atoms with van der Waals surface area (Å²) in [7, 11) is 0. The highest BCUT2D eigenvalue weighted by atomic mass is 32.1. The molecule has 1 N–H and O–H groups in total. The van der Waals surface area contributed by atoms with Gasteiger partial charge in [-0.15, -0.1) is 11.3 Å². The van der Waals surface area contributed by atoms with Crippen LogP contribution in [0, 0.1) is 0 Å². The Balaban J connectivity index is 1.47. The van der Waals surface area contributed by atoms with E-state index in [2.05, 4.69) is 10.3 Å². The number of hydrogen-bond donors (Lipinski definition) is 1. The van der Waals surface area contributed by atoms with E-state index >= 15 is 0 Å². The minimum atomic E-state index is -0.267. The first-order chi connectivity index (χ1) is 13.5. The molecule has 0 bridgehead atoms. The monoisotopic (exact) mass is 399 g/mol. The van der Waals surface area contributed by atoms with Gasteiger partial charge in [0.25, 0.3) is 5.56 Å². The van der Waals surface area contributed by atoms with Gasteiger partial charge >= 0.3 is 0 Å². The lowest BCUT2D eigenvalue weighted by Gasteiger charge is -2.13. The molecule has 3 aromatic rings. The minimum absolute atomic E-state index is 0.0812. The highest BCUT2D eigenvalue weighted by Crippen LogP contribution is 2.35. The number of amides is 1. The summed E-state index contributed by atoms with van der Waals surface area (Å²) in [6.07, 6.45) is 2.40. The van der Waals surface area contributed by atoms with E-state index in [1.54, 1.807) is 6.07 Å². The lowest BCUT2D eigenvalue weighted by Crippen LogP contribution is -2.32. The Hall–Kier alpha value is -2.87. The number of thiophene rings is 1. The summed E-state index contributed by atoms with van der Waals surface area (Å²) in [6.45, 7) is 4.70. The Kier molecular flexibility index (Phi) is 5.04. The highest BCUT2D eigenvalue weighted by molar-refractivity contribution is 7.17. The summed E-state index contributed by atoms with van der Waals surface area (Å²) in [5.41, 5.74) is 2.42. The van der Waals surface area contributed by atoms with Crippen molar-refractivity contribution in [2.75, 3.05) is 6.61 Å². The summed E-state index contributed by atoms with van der Waals surface area (Å²) in [6, 6.07) is 5.70. The Morgan fingerprint density at radius 3 is 3.14 bits per heavy atom. The van der Waals surface area contributed by atoms with E-state index in [9.17, 15) is 9.59 Å². The maximum atomic E-state index is 12.4. The van der Waals surface area contributed by atoms with Crippen LogP contribution in [0.1, 0.15) is 25.0 Å². The molecule has 1 atom stereocenters. The first-order valence-corrected chi connectivity index (χ1v) is 10.1. The van der Waals surface area contributed by atoms with E-state index in [0.29, 0.717) is 23.4 Å². The van der Waals surface area contributed by atoms with Crippen LogP contribution < -0.4 is 20.3 Å². The van der Waals surface area contributed by atoms with Crippen LogP contribution in [-0.4, -0.2) is 28.2 Å². The number of fused-ring (bicyclic) bond motifs is 2. The molecule has 2 aromatic heterocycles. The third-order valence-electron chi connectivity index (χ3n) is 4.60. The molecule has 0 saturated carbocycles. The van der Waals surface area contributed by atoms with Crippen molar-refractivity contribution in [2.24, 2.45) is 0 Å². The number of nitrogens with one attached hydrogen (secondary N) is 1. The molecule has 0 saturated heterocycles. The van der Waals surface area contributed by atoms with E-state index in [4.69, 9.17) is 9.47 Å². The first-order valence-electron chi connectivity index (χ1n) is 9.19. The summed E-state index contributed by atoms with van der Waals surface area (Å²) >= 11 is 1.33. The van der Waals surface area contributed by atoms with E-state index in [1.165, 1.54) is 22.2 Å². The lowest BCUT2D eigenvalue weighted by molar-refractivity contribution is -0.121. The van der Waals surface area contributed by atoms with Crippen molar-refractivity contribution in [3.63, 3.8) is 0 Å². The lowest BCUT2D eigenvalue weighted by atomic mass is 10.1. The molecule has 8 heteroatoms. The van der Waals surface area contributed by atoms with Gasteiger partial charge in [0.15, 0.2) is 0 Å². The SMILES string of the molecule is CCOc1cc2c(cc1CNC(=O)Cn1cnc3ccsc3c1=O)OC(C)C2. The molecule has 1 aliphatic heterocycles. The van der Waals surface area contributed by atoms with Crippen molar-refractivity contribution in [1.82, 2.24) is 14.9 Å². The van der Waals surface area contributed by atoms with Crippen molar-refractivity contribution in [3.8, 4) is 11.5 Å². The number of hydrogen-bond acceptors (Lipinski definition) is 6. The number of nitrogens with zero attached hydrogens (tertiary/aromatic N) is 2. The second kappa shape index (κ2) is 7.63. The molecule has 0 radical (unpaired) electrons. The van der Waals surface area contributed by atoms with Crippen LogP contribution >= 0.6 is 11.3 Å². The molecule has 28 heavy (non-hydrogen) atoms. The number of carbonyl (C=O) groups is 1. The summed E-state index contributed by atoms with van der Waals surface area (Å²) in [5.74, 6) is 1.32. The van der Waals surface area contributed by atoms with Crippen LogP contribution in [-0.2, 0) is 24.3 Å². The standard InChI is InChI=1S/C20H21N3O4S/c1-3-26-16-7-13-6-12(2)27-17(13)8-14(16)9-21-18(24)10-23-11-22-15-4-5-28-19(15)20(23)25/h4-5,7-8,11-12H,3,6,9-10H2,1-2H3,(H,21,24). The van der Waals surface area contributed by atoms with Crippen molar-refractivity contribution >= 4 is 27.5 Å². The predicted octanol–water partition coefficient (Wildman–Crippen LogP) is 2.50. The quantitative estimate of drug-likeness (QED) is 0.689. The average Bonchev–Trinajstić information content (AvgIpc) is 3.28. The van der Waals surface area contributed by atoms with Crippen LogP contribution in [0.5, 0.6) is 11.5 Å². The smallest absolute Gasteiger partial charge is 0.271 e. The van der Waals surface area contributed by atoms with Gasteiger partial charge in [-0.3, -0.25) is 14.2 Å². The zero-order chi connectivity index (χ0) is 19.7. The van der Waals surface area contributed by atoms with Gasteiger partial charge in [0.05, 0.1) is 18.5 Å². The molecule has 1 aromatic carbocycles.